The maximum atomic E-state index is 13.5. The molecule has 0 aromatic heterocycles. The Morgan fingerprint density at radius 2 is 2.00 bits per heavy atom. The van der Waals surface area contributed by atoms with Gasteiger partial charge in [0.25, 0.3) is 0 Å². The molecule has 0 spiro atoms. The van der Waals surface area contributed by atoms with E-state index in [-0.39, 0.29) is 30.5 Å². The van der Waals surface area contributed by atoms with Crippen LogP contribution in [0.15, 0.2) is 42.5 Å². The van der Waals surface area contributed by atoms with E-state index in [1.165, 1.54) is 11.0 Å². The standard InChI is InChI=1S/C19H17ClFN3O4/c20-14-3-1-12(2-4-14)7-8-22-19(26)13-9-18(25)23(11-13)15-5-6-16(21)17(10-15)24(27)28/h1-6,10,13H,7-9,11H2,(H,22,26). The fraction of sp³-hybridized carbons (Fsp3) is 0.263. The molecular weight excluding hydrogens is 389 g/mol. The summed E-state index contributed by atoms with van der Waals surface area (Å²) in [5.74, 6) is -2.14. The molecule has 3 rings (SSSR count). The van der Waals surface area contributed by atoms with Gasteiger partial charge in [-0.3, -0.25) is 19.7 Å². The van der Waals surface area contributed by atoms with Gasteiger partial charge in [0.05, 0.1) is 16.5 Å². The number of amides is 2. The summed E-state index contributed by atoms with van der Waals surface area (Å²) >= 11 is 5.83. The Labute approximate surface area is 165 Å². The van der Waals surface area contributed by atoms with Crippen LogP contribution in [0, 0.1) is 21.8 Å². The lowest BCUT2D eigenvalue weighted by Gasteiger charge is -2.16. The third-order valence-electron chi connectivity index (χ3n) is 4.56. The number of hydrogen-bond donors (Lipinski definition) is 1. The fourth-order valence-corrected chi connectivity index (χ4v) is 3.19. The molecule has 1 unspecified atom stereocenters. The molecule has 0 bridgehead atoms. The van der Waals surface area contributed by atoms with E-state index in [1.807, 2.05) is 12.1 Å². The molecule has 28 heavy (non-hydrogen) atoms. The van der Waals surface area contributed by atoms with Gasteiger partial charge in [0.15, 0.2) is 0 Å². The van der Waals surface area contributed by atoms with Crippen LogP contribution in [0.1, 0.15) is 12.0 Å². The average Bonchev–Trinajstić information content (AvgIpc) is 3.05. The number of benzene rings is 2. The van der Waals surface area contributed by atoms with Crippen molar-refractivity contribution in [3.63, 3.8) is 0 Å². The third kappa shape index (κ3) is 4.45. The van der Waals surface area contributed by atoms with Crippen molar-refractivity contribution in [3.8, 4) is 0 Å². The number of anilines is 1. The Balaban J connectivity index is 1.59. The Morgan fingerprint density at radius 3 is 2.68 bits per heavy atom. The van der Waals surface area contributed by atoms with Crippen molar-refractivity contribution in [1.29, 1.82) is 0 Å². The highest BCUT2D eigenvalue weighted by Crippen LogP contribution is 2.29. The molecule has 2 amide bonds. The normalized spacial score (nSPS) is 16.3. The second-order valence-corrected chi connectivity index (χ2v) is 6.90. The van der Waals surface area contributed by atoms with Gasteiger partial charge in [-0.05, 0) is 36.2 Å². The van der Waals surface area contributed by atoms with Crippen LogP contribution in [0.2, 0.25) is 5.02 Å². The van der Waals surface area contributed by atoms with Crippen LogP contribution in [-0.2, 0) is 16.0 Å². The highest BCUT2D eigenvalue weighted by atomic mass is 35.5. The first-order chi connectivity index (χ1) is 13.3. The molecule has 1 heterocycles. The zero-order valence-electron chi connectivity index (χ0n) is 14.7. The zero-order valence-corrected chi connectivity index (χ0v) is 15.5. The Morgan fingerprint density at radius 1 is 1.29 bits per heavy atom. The molecule has 1 N–H and O–H groups in total. The van der Waals surface area contributed by atoms with E-state index in [4.69, 9.17) is 11.6 Å². The van der Waals surface area contributed by atoms with E-state index in [0.717, 1.165) is 17.7 Å². The maximum Gasteiger partial charge on any atom is 0.306 e. The van der Waals surface area contributed by atoms with E-state index in [9.17, 15) is 24.1 Å². The number of carbonyl (C=O) groups excluding carboxylic acids is 2. The second-order valence-electron chi connectivity index (χ2n) is 6.47. The first-order valence-corrected chi connectivity index (χ1v) is 8.99. The van der Waals surface area contributed by atoms with Crippen molar-refractivity contribution in [2.24, 2.45) is 5.92 Å². The summed E-state index contributed by atoms with van der Waals surface area (Å²) in [6, 6.07) is 10.5. The van der Waals surface area contributed by atoms with Crippen LogP contribution in [0.3, 0.4) is 0 Å². The molecule has 146 valence electrons. The highest BCUT2D eigenvalue weighted by molar-refractivity contribution is 6.30. The molecule has 0 radical (unpaired) electrons. The number of nitrogens with zero attached hydrogens (tertiary/aromatic N) is 2. The number of nitrogens with one attached hydrogen (secondary N) is 1. The van der Waals surface area contributed by atoms with Gasteiger partial charge in [-0.25, -0.2) is 0 Å². The van der Waals surface area contributed by atoms with Crippen LogP contribution >= 0.6 is 11.6 Å². The molecule has 2 aromatic rings. The lowest BCUT2D eigenvalue weighted by Crippen LogP contribution is -2.34. The van der Waals surface area contributed by atoms with Gasteiger partial charge in [0, 0.05) is 30.6 Å². The third-order valence-corrected chi connectivity index (χ3v) is 4.81. The summed E-state index contributed by atoms with van der Waals surface area (Å²) in [6.45, 7) is 0.502. The van der Waals surface area contributed by atoms with Crippen molar-refractivity contribution in [2.75, 3.05) is 18.0 Å². The second kappa shape index (κ2) is 8.35. The van der Waals surface area contributed by atoms with Crippen LogP contribution < -0.4 is 10.2 Å². The number of rotatable bonds is 6. The van der Waals surface area contributed by atoms with E-state index < -0.39 is 22.3 Å². The Kier molecular flexibility index (Phi) is 5.89. The molecule has 1 aliphatic rings. The molecule has 7 nitrogen and oxygen atoms in total. The van der Waals surface area contributed by atoms with Gasteiger partial charge in [0.2, 0.25) is 17.6 Å². The van der Waals surface area contributed by atoms with Crippen LogP contribution in [0.5, 0.6) is 0 Å². The van der Waals surface area contributed by atoms with Gasteiger partial charge in [0.1, 0.15) is 0 Å². The van der Waals surface area contributed by atoms with Gasteiger partial charge in [-0.15, -0.1) is 0 Å². The Bertz CT molecular complexity index is 920. The van der Waals surface area contributed by atoms with Crippen molar-refractivity contribution in [3.05, 3.63) is 69.0 Å². The predicted molar refractivity (Wildman–Crippen MR) is 102 cm³/mol. The molecule has 9 heteroatoms. The summed E-state index contributed by atoms with van der Waals surface area (Å²) in [7, 11) is 0. The van der Waals surface area contributed by atoms with Crippen molar-refractivity contribution < 1.29 is 18.9 Å². The van der Waals surface area contributed by atoms with Crippen molar-refractivity contribution in [1.82, 2.24) is 5.32 Å². The monoisotopic (exact) mass is 405 g/mol. The topological polar surface area (TPSA) is 92.6 Å². The SMILES string of the molecule is O=C(NCCc1ccc(Cl)cc1)C1CC(=O)N(c2ccc(F)c([N+](=O)[O-])c2)C1. The van der Waals surface area contributed by atoms with Crippen LogP contribution in [0.25, 0.3) is 0 Å². The van der Waals surface area contributed by atoms with E-state index in [2.05, 4.69) is 5.32 Å². The molecule has 0 aliphatic carbocycles. The molecule has 1 saturated heterocycles. The van der Waals surface area contributed by atoms with Crippen LogP contribution in [0.4, 0.5) is 15.8 Å². The molecule has 2 aromatic carbocycles. The van der Waals surface area contributed by atoms with E-state index in [1.54, 1.807) is 12.1 Å². The van der Waals surface area contributed by atoms with E-state index in [0.29, 0.717) is 18.0 Å². The zero-order chi connectivity index (χ0) is 20.3. The molecule has 1 fully saturated rings. The number of nitro benzene ring substituents is 1. The van der Waals surface area contributed by atoms with Gasteiger partial charge < -0.3 is 10.2 Å². The highest BCUT2D eigenvalue weighted by Gasteiger charge is 2.35. The van der Waals surface area contributed by atoms with Crippen molar-refractivity contribution in [2.45, 2.75) is 12.8 Å². The maximum absolute atomic E-state index is 13.5. The Hall–Kier alpha value is -3.00. The molecule has 1 aliphatic heterocycles. The summed E-state index contributed by atoms with van der Waals surface area (Å²) < 4.78 is 13.5. The predicted octanol–water partition coefficient (Wildman–Crippen LogP) is 3.10. The van der Waals surface area contributed by atoms with E-state index >= 15 is 0 Å². The molecule has 1 atom stereocenters. The lowest BCUT2D eigenvalue weighted by molar-refractivity contribution is -0.387. The minimum Gasteiger partial charge on any atom is -0.355 e. The van der Waals surface area contributed by atoms with Crippen molar-refractivity contribution >= 4 is 34.8 Å². The molecule has 0 saturated carbocycles. The average molecular weight is 406 g/mol. The van der Waals surface area contributed by atoms with Gasteiger partial charge in [-0.1, -0.05) is 23.7 Å². The number of hydrogen-bond acceptors (Lipinski definition) is 4. The first-order valence-electron chi connectivity index (χ1n) is 8.61. The number of nitro groups is 1. The quantitative estimate of drug-likeness (QED) is 0.590. The number of halogens is 2. The summed E-state index contributed by atoms with van der Waals surface area (Å²) in [5.41, 5.74) is 0.517. The summed E-state index contributed by atoms with van der Waals surface area (Å²) in [5, 5.41) is 14.3. The molecular formula is C19H17ClFN3O4. The largest absolute Gasteiger partial charge is 0.355 e. The summed E-state index contributed by atoms with van der Waals surface area (Å²) in [6.07, 6.45) is 0.620. The van der Waals surface area contributed by atoms with Gasteiger partial charge >= 0.3 is 5.69 Å². The van der Waals surface area contributed by atoms with Gasteiger partial charge in [-0.2, -0.15) is 4.39 Å². The fourth-order valence-electron chi connectivity index (χ4n) is 3.07. The van der Waals surface area contributed by atoms with Crippen LogP contribution in [-0.4, -0.2) is 29.8 Å². The minimum atomic E-state index is -0.975. The first kappa shape index (κ1) is 19.8. The lowest BCUT2D eigenvalue weighted by atomic mass is 10.1. The minimum absolute atomic E-state index is 0.00203. The number of carbonyl (C=O) groups is 2. The summed E-state index contributed by atoms with van der Waals surface area (Å²) in [4.78, 5) is 35.9. The smallest absolute Gasteiger partial charge is 0.306 e.